The summed E-state index contributed by atoms with van der Waals surface area (Å²) in [6.45, 7) is -0.299. The number of rotatable bonds is 4. The summed E-state index contributed by atoms with van der Waals surface area (Å²) in [7, 11) is 0. The Morgan fingerprint density at radius 3 is 2.40 bits per heavy atom. The average molecular weight is 354 g/mol. The van der Waals surface area contributed by atoms with Gasteiger partial charge in [-0.15, -0.1) is 0 Å². The van der Waals surface area contributed by atoms with Crippen molar-refractivity contribution < 1.29 is 14.3 Å². The summed E-state index contributed by atoms with van der Waals surface area (Å²) < 4.78 is 5.85. The van der Waals surface area contributed by atoms with E-state index in [4.69, 9.17) is 16.3 Å². The highest BCUT2D eigenvalue weighted by Crippen LogP contribution is 2.13. The second-order valence-electron chi connectivity index (χ2n) is 4.02. The predicted molar refractivity (Wildman–Crippen MR) is 80.2 cm³/mol. The zero-order valence-electron chi connectivity index (χ0n) is 10.3. The molecule has 0 spiro atoms. The van der Waals surface area contributed by atoms with Crippen LogP contribution in [0, 0.1) is 0 Å². The third kappa shape index (κ3) is 3.92. The van der Waals surface area contributed by atoms with Gasteiger partial charge in [0.25, 0.3) is 0 Å². The van der Waals surface area contributed by atoms with Crippen molar-refractivity contribution in [2.75, 3.05) is 6.61 Å². The molecule has 0 heterocycles. The molecule has 5 heteroatoms. The van der Waals surface area contributed by atoms with Crippen LogP contribution in [0.3, 0.4) is 0 Å². The molecule has 0 unspecified atom stereocenters. The van der Waals surface area contributed by atoms with Crippen molar-refractivity contribution >= 4 is 39.3 Å². The molecule has 0 amide bonds. The Labute approximate surface area is 129 Å². The van der Waals surface area contributed by atoms with E-state index in [0.29, 0.717) is 16.1 Å². The largest absolute Gasteiger partial charge is 0.454 e. The number of hydrogen-bond acceptors (Lipinski definition) is 3. The molecule has 0 bridgehead atoms. The van der Waals surface area contributed by atoms with E-state index in [-0.39, 0.29) is 12.4 Å². The van der Waals surface area contributed by atoms with Gasteiger partial charge in [-0.3, -0.25) is 4.79 Å². The van der Waals surface area contributed by atoms with Crippen LogP contribution >= 0.6 is 27.5 Å². The SMILES string of the molecule is O=C(COC(=O)c1cccc(Cl)c1)c1ccc(Br)cc1. The van der Waals surface area contributed by atoms with Gasteiger partial charge < -0.3 is 4.74 Å². The minimum Gasteiger partial charge on any atom is -0.454 e. The Bertz CT molecular complexity index is 638. The van der Waals surface area contributed by atoms with Gasteiger partial charge >= 0.3 is 5.97 Å². The number of carbonyl (C=O) groups excluding carboxylic acids is 2. The predicted octanol–water partition coefficient (Wildman–Crippen LogP) is 4.14. The van der Waals surface area contributed by atoms with E-state index >= 15 is 0 Å². The summed E-state index contributed by atoms with van der Waals surface area (Å²) in [4.78, 5) is 23.6. The highest BCUT2D eigenvalue weighted by molar-refractivity contribution is 9.10. The summed E-state index contributed by atoms with van der Waals surface area (Å²) in [5.74, 6) is -0.828. The standard InChI is InChI=1S/C15H10BrClO3/c16-12-6-4-10(5-7-12)14(18)9-20-15(19)11-2-1-3-13(17)8-11/h1-8H,9H2. The van der Waals surface area contributed by atoms with Crippen molar-refractivity contribution in [3.8, 4) is 0 Å². The van der Waals surface area contributed by atoms with Gasteiger partial charge in [-0.1, -0.05) is 45.7 Å². The van der Waals surface area contributed by atoms with E-state index in [0.717, 1.165) is 4.47 Å². The molecule has 0 saturated carbocycles. The third-order valence-corrected chi connectivity index (χ3v) is 3.32. The van der Waals surface area contributed by atoms with E-state index < -0.39 is 5.97 Å². The van der Waals surface area contributed by atoms with E-state index in [1.807, 2.05) is 0 Å². The molecule has 0 fully saturated rings. The van der Waals surface area contributed by atoms with Crippen LogP contribution in [0.4, 0.5) is 0 Å². The quantitative estimate of drug-likeness (QED) is 0.613. The van der Waals surface area contributed by atoms with Crippen molar-refractivity contribution in [1.29, 1.82) is 0 Å². The molecule has 0 radical (unpaired) electrons. The Morgan fingerprint density at radius 2 is 1.75 bits per heavy atom. The maximum absolute atomic E-state index is 11.8. The molecule has 0 atom stereocenters. The van der Waals surface area contributed by atoms with Crippen LogP contribution in [0.1, 0.15) is 20.7 Å². The van der Waals surface area contributed by atoms with Crippen molar-refractivity contribution in [2.24, 2.45) is 0 Å². The zero-order chi connectivity index (χ0) is 14.5. The highest BCUT2D eigenvalue weighted by Gasteiger charge is 2.12. The summed E-state index contributed by atoms with van der Waals surface area (Å²) in [5.41, 5.74) is 0.813. The van der Waals surface area contributed by atoms with Gasteiger partial charge in [0.1, 0.15) is 0 Å². The normalized spacial score (nSPS) is 10.1. The number of halogens is 2. The lowest BCUT2D eigenvalue weighted by Crippen LogP contribution is -2.14. The number of hydrogen-bond donors (Lipinski definition) is 0. The molecule has 2 aromatic rings. The average Bonchev–Trinajstić information content (AvgIpc) is 2.45. The number of ketones is 1. The molecule has 0 aliphatic heterocycles. The number of benzene rings is 2. The maximum Gasteiger partial charge on any atom is 0.338 e. The van der Waals surface area contributed by atoms with E-state index in [1.54, 1.807) is 42.5 Å². The summed E-state index contributed by atoms with van der Waals surface area (Å²) in [5, 5.41) is 0.443. The van der Waals surface area contributed by atoms with Gasteiger partial charge in [0.05, 0.1) is 5.56 Å². The first kappa shape index (κ1) is 14.8. The molecule has 0 aliphatic rings. The van der Waals surface area contributed by atoms with Crippen LogP contribution in [0.15, 0.2) is 53.0 Å². The fourth-order valence-corrected chi connectivity index (χ4v) is 2.00. The van der Waals surface area contributed by atoms with Crippen molar-refractivity contribution in [2.45, 2.75) is 0 Å². The fraction of sp³-hybridized carbons (Fsp3) is 0.0667. The van der Waals surface area contributed by atoms with Gasteiger partial charge in [-0.25, -0.2) is 4.79 Å². The van der Waals surface area contributed by atoms with Crippen LogP contribution in [0.5, 0.6) is 0 Å². The van der Waals surface area contributed by atoms with E-state index in [9.17, 15) is 9.59 Å². The molecule has 20 heavy (non-hydrogen) atoms. The second-order valence-corrected chi connectivity index (χ2v) is 5.37. The molecule has 0 aromatic heterocycles. The van der Waals surface area contributed by atoms with Crippen LogP contribution in [0.25, 0.3) is 0 Å². The lowest BCUT2D eigenvalue weighted by atomic mass is 10.1. The number of carbonyl (C=O) groups is 2. The molecule has 0 aliphatic carbocycles. The molecule has 0 saturated heterocycles. The number of Topliss-reactive ketones (excluding diaryl/α,β-unsaturated/α-hetero) is 1. The maximum atomic E-state index is 11.8. The molecule has 2 aromatic carbocycles. The van der Waals surface area contributed by atoms with Crippen LogP contribution < -0.4 is 0 Å². The summed E-state index contributed by atoms with van der Waals surface area (Å²) in [6.07, 6.45) is 0. The fourth-order valence-electron chi connectivity index (χ4n) is 1.55. The highest BCUT2D eigenvalue weighted by atomic mass is 79.9. The minimum atomic E-state index is -0.571. The first-order chi connectivity index (χ1) is 9.56. The van der Waals surface area contributed by atoms with Crippen LogP contribution in [-0.2, 0) is 4.74 Å². The molecule has 0 N–H and O–H groups in total. The Morgan fingerprint density at radius 1 is 1.05 bits per heavy atom. The van der Waals surface area contributed by atoms with Crippen LogP contribution in [-0.4, -0.2) is 18.4 Å². The Balaban J connectivity index is 1.96. The van der Waals surface area contributed by atoms with E-state index in [2.05, 4.69) is 15.9 Å². The zero-order valence-corrected chi connectivity index (χ0v) is 12.6. The molecular formula is C15H10BrClO3. The minimum absolute atomic E-state index is 0.257. The third-order valence-electron chi connectivity index (χ3n) is 2.56. The first-order valence-corrected chi connectivity index (χ1v) is 6.95. The molecule has 2 rings (SSSR count). The van der Waals surface area contributed by atoms with Crippen molar-refractivity contribution in [3.05, 3.63) is 69.2 Å². The van der Waals surface area contributed by atoms with Gasteiger partial charge in [0.2, 0.25) is 0 Å². The Hall–Kier alpha value is -1.65. The summed E-state index contributed by atoms with van der Waals surface area (Å²) >= 11 is 9.07. The number of esters is 1. The topological polar surface area (TPSA) is 43.4 Å². The van der Waals surface area contributed by atoms with Gasteiger partial charge in [0, 0.05) is 15.1 Å². The second kappa shape index (κ2) is 6.68. The van der Waals surface area contributed by atoms with Crippen molar-refractivity contribution in [1.82, 2.24) is 0 Å². The molecule has 102 valence electrons. The van der Waals surface area contributed by atoms with E-state index in [1.165, 1.54) is 6.07 Å². The van der Waals surface area contributed by atoms with Gasteiger partial charge in [-0.2, -0.15) is 0 Å². The monoisotopic (exact) mass is 352 g/mol. The number of ether oxygens (including phenoxy) is 1. The Kier molecular flexibility index (Phi) is 4.93. The van der Waals surface area contributed by atoms with Crippen molar-refractivity contribution in [3.63, 3.8) is 0 Å². The van der Waals surface area contributed by atoms with Gasteiger partial charge in [0.15, 0.2) is 12.4 Å². The molecular weight excluding hydrogens is 344 g/mol. The van der Waals surface area contributed by atoms with Gasteiger partial charge in [-0.05, 0) is 30.3 Å². The summed E-state index contributed by atoms with van der Waals surface area (Å²) in [6, 6.07) is 13.2. The van der Waals surface area contributed by atoms with Crippen LogP contribution in [0.2, 0.25) is 5.02 Å². The molecule has 3 nitrogen and oxygen atoms in total. The lowest BCUT2D eigenvalue weighted by molar-refractivity contribution is 0.0475. The smallest absolute Gasteiger partial charge is 0.338 e. The lowest BCUT2D eigenvalue weighted by Gasteiger charge is -2.05. The first-order valence-electron chi connectivity index (χ1n) is 5.78.